The van der Waals surface area contributed by atoms with E-state index in [9.17, 15) is 4.79 Å². The number of carbonyl (C=O) groups excluding carboxylic acids is 1. The zero-order chi connectivity index (χ0) is 15.0. The van der Waals surface area contributed by atoms with Crippen molar-refractivity contribution in [3.63, 3.8) is 0 Å². The third-order valence-corrected chi connectivity index (χ3v) is 4.20. The second-order valence-corrected chi connectivity index (χ2v) is 5.70. The molecule has 1 heterocycles. The van der Waals surface area contributed by atoms with Crippen molar-refractivity contribution < 1.29 is 14.3 Å². The Morgan fingerprint density at radius 3 is 2.85 bits per heavy atom. The lowest BCUT2D eigenvalue weighted by atomic mass is 9.95. The van der Waals surface area contributed by atoms with Crippen LogP contribution >= 0.6 is 0 Å². The molecule has 1 N–H and O–H groups in total. The highest BCUT2D eigenvalue weighted by Gasteiger charge is 2.32. The van der Waals surface area contributed by atoms with Gasteiger partial charge in [-0.1, -0.05) is 0 Å². The number of likely N-dealkylation sites (tertiary alicyclic amines) is 1. The van der Waals surface area contributed by atoms with Gasteiger partial charge in [0.25, 0.3) is 0 Å². The summed E-state index contributed by atoms with van der Waals surface area (Å²) in [5.74, 6) is -0.189. The van der Waals surface area contributed by atoms with E-state index in [1.807, 2.05) is 20.9 Å². The normalized spacial score (nSPS) is 23.3. The monoisotopic (exact) mass is 286 g/mol. The van der Waals surface area contributed by atoms with Gasteiger partial charge in [-0.05, 0) is 59.7 Å². The third kappa shape index (κ3) is 5.04. The molecule has 118 valence electrons. The maximum Gasteiger partial charge on any atom is 0.325 e. The standard InChI is InChI=1S/C15H30N2O3/c1-5-20-13-8-6-10-17(12-13)11-7-9-15(2,16-3)14(18)19-4/h13,16H,5-12H2,1-4H3. The molecule has 0 amide bonds. The highest BCUT2D eigenvalue weighted by atomic mass is 16.5. The summed E-state index contributed by atoms with van der Waals surface area (Å²) in [4.78, 5) is 14.2. The summed E-state index contributed by atoms with van der Waals surface area (Å²) < 4.78 is 10.6. The van der Waals surface area contributed by atoms with Crippen LogP contribution in [0.15, 0.2) is 0 Å². The van der Waals surface area contributed by atoms with Crippen LogP contribution in [0.2, 0.25) is 0 Å². The van der Waals surface area contributed by atoms with Crippen molar-refractivity contribution in [2.45, 2.75) is 51.2 Å². The van der Waals surface area contributed by atoms with Gasteiger partial charge in [-0.15, -0.1) is 0 Å². The first-order chi connectivity index (χ1) is 9.55. The van der Waals surface area contributed by atoms with Gasteiger partial charge in [0, 0.05) is 13.2 Å². The largest absolute Gasteiger partial charge is 0.468 e. The van der Waals surface area contributed by atoms with E-state index in [-0.39, 0.29) is 5.97 Å². The molecule has 0 aromatic heterocycles. The number of ether oxygens (including phenoxy) is 2. The quantitative estimate of drug-likeness (QED) is 0.684. The second-order valence-electron chi connectivity index (χ2n) is 5.70. The van der Waals surface area contributed by atoms with Gasteiger partial charge in [0.2, 0.25) is 0 Å². The highest BCUT2D eigenvalue weighted by Crippen LogP contribution is 2.17. The molecular weight excluding hydrogens is 256 g/mol. The average Bonchev–Trinajstić information content (AvgIpc) is 2.47. The topological polar surface area (TPSA) is 50.8 Å². The summed E-state index contributed by atoms with van der Waals surface area (Å²) in [5.41, 5.74) is -0.580. The molecule has 0 bridgehead atoms. The summed E-state index contributed by atoms with van der Waals surface area (Å²) in [6.45, 7) is 7.91. The lowest BCUT2D eigenvalue weighted by Crippen LogP contribution is -2.49. The number of nitrogens with zero attached hydrogens (tertiary/aromatic N) is 1. The van der Waals surface area contributed by atoms with Crippen LogP contribution in [0.1, 0.15) is 39.5 Å². The van der Waals surface area contributed by atoms with Crippen LogP contribution in [0.25, 0.3) is 0 Å². The maximum atomic E-state index is 11.8. The summed E-state index contributed by atoms with van der Waals surface area (Å²) in [6.07, 6.45) is 4.51. The molecule has 5 nitrogen and oxygen atoms in total. The second kappa shape index (κ2) is 8.60. The molecule has 20 heavy (non-hydrogen) atoms. The molecule has 2 atom stereocenters. The van der Waals surface area contributed by atoms with Crippen LogP contribution in [0.5, 0.6) is 0 Å². The molecule has 1 aliphatic rings. The van der Waals surface area contributed by atoms with Crippen molar-refractivity contribution in [2.24, 2.45) is 0 Å². The lowest BCUT2D eigenvalue weighted by molar-refractivity contribution is -0.148. The van der Waals surface area contributed by atoms with Gasteiger partial charge in [0.15, 0.2) is 0 Å². The first kappa shape index (κ1) is 17.4. The Labute approximate surface area is 123 Å². The number of hydrogen-bond donors (Lipinski definition) is 1. The molecule has 0 saturated carbocycles. The van der Waals surface area contributed by atoms with E-state index in [2.05, 4.69) is 10.2 Å². The fourth-order valence-corrected chi connectivity index (χ4v) is 2.80. The molecule has 1 aliphatic heterocycles. The Balaban J connectivity index is 2.33. The van der Waals surface area contributed by atoms with Crippen molar-refractivity contribution in [1.29, 1.82) is 0 Å². The van der Waals surface area contributed by atoms with E-state index < -0.39 is 5.54 Å². The molecule has 0 spiro atoms. The Kier molecular flexibility index (Phi) is 7.48. The molecule has 1 fully saturated rings. The van der Waals surface area contributed by atoms with E-state index in [4.69, 9.17) is 9.47 Å². The smallest absolute Gasteiger partial charge is 0.325 e. The van der Waals surface area contributed by atoms with Crippen molar-refractivity contribution in [3.8, 4) is 0 Å². The van der Waals surface area contributed by atoms with Crippen molar-refractivity contribution in [3.05, 3.63) is 0 Å². The zero-order valence-electron chi connectivity index (χ0n) is 13.4. The molecule has 0 aromatic carbocycles. The number of likely N-dealkylation sites (N-methyl/N-ethyl adjacent to an activating group) is 1. The number of carbonyl (C=O) groups is 1. The Bertz CT molecular complexity index is 297. The molecule has 0 aromatic rings. The summed E-state index contributed by atoms with van der Waals surface area (Å²) in [5, 5.41) is 3.08. The minimum absolute atomic E-state index is 0.189. The van der Waals surface area contributed by atoms with Gasteiger partial charge in [0.1, 0.15) is 5.54 Å². The molecule has 1 rings (SSSR count). The first-order valence-electron chi connectivity index (χ1n) is 7.67. The van der Waals surface area contributed by atoms with Crippen LogP contribution in [0, 0.1) is 0 Å². The zero-order valence-corrected chi connectivity index (χ0v) is 13.4. The predicted octanol–water partition coefficient (Wildman–Crippen LogP) is 1.42. The van der Waals surface area contributed by atoms with Gasteiger partial charge in [0.05, 0.1) is 13.2 Å². The molecule has 2 unspecified atom stereocenters. The van der Waals surface area contributed by atoms with E-state index in [0.29, 0.717) is 6.10 Å². The fourth-order valence-electron chi connectivity index (χ4n) is 2.80. The Hall–Kier alpha value is -0.650. The molecular formula is C15H30N2O3. The number of rotatable bonds is 8. The van der Waals surface area contributed by atoms with Gasteiger partial charge < -0.3 is 19.7 Å². The van der Waals surface area contributed by atoms with Crippen LogP contribution in [0.4, 0.5) is 0 Å². The van der Waals surface area contributed by atoms with Crippen LogP contribution in [-0.2, 0) is 14.3 Å². The van der Waals surface area contributed by atoms with Crippen molar-refractivity contribution in [2.75, 3.05) is 40.4 Å². The van der Waals surface area contributed by atoms with Gasteiger partial charge in [-0.2, -0.15) is 0 Å². The third-order valence-electron chi connectivity index (χ3n) is 4.20. The van der Waals surface area contributed by atoms with Crippen molar-refractivity contribution >= 4 is 5.97 Å². The summed E-state index contributed by atoms with van der Waals surface area (Å²) in [6, 6.07) is 0. The average molecular weight is 286 g/mol. The van der Waals surface area contributed by atoms with Crippen LogP contribution in [-0.4, -0.2) is 62.9 Å². The first-order valence-corrected chi connectivity index (χ1v) is 7.67. The van der Waals surface area contributed by atoms with E-state index in [1.165, 1.54) is 20.0 Å². The van der Waals surface area contributed by atoms with Crippen LogP contribution < -0.4 is 5.32 Å². The Morgan fingerprint density at radius 1 is 1.50 bits per heavy atom. The fraction of sp³-hybridized carbons (Fsp3) is 0.933. The lowest BCUT2D eigenvalue weighted by Gasteiger charge is -2.33. The minimum atomic E-state index is -0.580. The molecule has 0 aliphatic carbocycles. The molecule has 1 saturated heterocycles. The number of nitrogens with one attached hydrogen (secondary N) is 1. The van der Waals surface area contributed by atoms with E-state index in [1.54, 1.807) is 0 Å². The SMILES string of the molecule is CCOC1CCCN(CCCC(C)(NC)C(=O)OC)C1. The summed E-state index contributed by atoms with van der Waals surface area (Å²) in [7, 11) is 3.25. The molecule has 0 radical (unpaired) electrons. The number of esters is 1. The number of piperidine rings is 1. The van der Waals surface area contributed by atoms with E-state index >= 15 is 0 Å². The maximum absolute atomic E-state index is 11.8. The van der Waals surface area contributed by atoms with Gasteiger partial charge in [-0.3, -0.25) is 4.79 Å². The van der Waals surface area contributed by atoms with Crippen LogP contribution in [0.3, 0.4) is 0 Å². The molecule has 5 heteroatoms. The van der Waals surface area contributed by atoms with Crippen molar-refractivity contribution in [1.82, 2.24) is 10.2 Å². The predicted molar refractivity (Wildman–Crippen MR) is 79.8 cm³/mol. The van der Waals surface area contributed by atoms with Gasteiger partial charge in [-0.25, -0.2) is 0 Å². The summed E-state index contributed by atoms with van der Waals surface area (Å²) >= 11 is 0. The number of hydrogen-bond acceptors (Lipinski definition) is 5. The van der Waals surface area contributed by atoms with E-state index in [0.717, 1.165) is 39.1 Å². The minimum Gasteiger partial charge on any atom is -0.468 e. The highest BCUT2D eigenvalue weighted by molar-refractivity contribution is 5.80. The Morgan fingerprint density at radius 2 is 2.25 bits per heavy atom. The van der Waals surface area contributed by atoms with Gasteiger partial charge >= 0.3 is 5.97 Å². The number of methoxy groups -OCH3 is 1.